The average Bonchev–Trinajstić information content (AvgIpc) is 3.02. The molecular formula is C21H20N4O4S2. The van der Waals surface area contributed by atoms with Crippen LogP contribution < -0.4 is 4.90 Å². The summed E-state index contributed by atoms with van der Waals surface area (Å²) < 4.78 is 0.234. The third kappa shape index (κ3) is 5.09. The number of hydrazone groups is 1. The van der Waals surface area contributed by atoms with Gasteiger partial charge >= 0.3 is 0 Å². The lowest BCUT2D eigenvalue weighted by molar-refractivity contribution is -0.384. The smallest absolute Gasteiger partial charge is 0.286 e. The van der Waals surface area contributed by atoms with Crippen LogP contribution in [0.2, 0.25) is 0 Å². The molecule has 1 saturated heterocycles. The Morgan fingerprint density at radius 3 is 2.52 bits per heavy atom. The van der Waals surface area contributed by atoms with Gasteiger partial charge in [0, 0.05) is 36.5 Å². The Bertz CT molecular complexity index is 1080. The molecule has 31 heavy (non-hydrogen) atoms. The fraction of sp³-hybridized carbons (Fsp3) is 0.190. The van der Waals surface area contributed by atoms with Crippen molar-refractivity contribution in [3.8, 4) is 5.75 Å². The SMILES string of the molecule is CCN(CC)c1ccc(/C=C2/SC(=S)N(/N=C/c3cc([N+](=O)[O-])ccc3O)C2=O)cc1. The zero-order chi connectivity index (χ0) is 22.5. The number of hydrogen-bond donors (Lipinski definition) is 1. The Morgan fingerprint density at radius 2 is 1.90 bits per heavy atom. The molecule has 8 nitrogen and oxygen atoms in total. The van der Waals surface area contributed by atoms with Crippen molar-refractivity contribution in [2.75, 3.05) is 18.0 Å². The molecule has 2 aromatic carbocycles. The van der Waals surface area contributed by atoms with Crippen molar-refractivity contribution < 1.29 is 14.8 Å². The number of nitrogens with zero attached hydrogens (tertiary/aromatic N) is 4. The van der Waals surface area contributed by atoms with E-state index in [1.54, 1.807) is 6.08 Å². The van der Waals surface area contributed by atoms with Gasteiger partial charge in [-0.05, 0) is 55.9 Å². The van der Waals surface area contributed by atoms with Gasteiger partial charge in [0.2, 0.25) is 0 Å². The lowest BCUT2D eigenvalue weighted by atomic mass is 10.1. The van der Waals surface area contributed by atoms with Crippen molar-refractivity contribution in [3.05, 3.63) is 68.6 Å². The van der Waals surface area contributed by atoms with E-state index in [1.807, 2.05) is 24.3 Å². The minimum absolute atomic E-state index is 0.110. The van der Waals surface area contributed by atoms with Gasteiger partial charge in [-0.3, -0.25) is 14.9 Å². The molecule has 0 radical (unpaired) electrons. The lowest BCUT2D eigenvalue weighted by Crippen LogP contribution is -2.22. The number of carbonyl (C=O) groups is 1. The number of aromatic hydroxyl groups is 1. The lowest BCUT2D eigenvalue weighted by Gasteiger charge is -2.20. The Kier molecular flexibility index (Phi) is 7.03. The molecule has 2 aromatic rings. The number of phenols is 1. The molecule has 1 amide bonds. The molecule has 1 fully saturated rings. The predicted molar refractivity (Wildman–Crippen MR) is 127 cm³/mol. The molecule has 1 aliphatic heterocycles. The highest BCUT2D eigenvalue weighted by molar-refractivity contribution is 8.26. The maximum absolute atomic E-state index is 12.7. The number of nitro groups is 1. The van der Waals surface area contributed by atoms with E-state index in [-0.39, 0.29) is 21.3 Å². The first-order chi connectivity index (χ1) is 14.8. The molecule has 0 bridgehead atoms. The quantitative estimate of drug-likeness (QED) is 0.217. The van der Waals surface area contributed by atoms with Crippen molar-refractivity contribution in [3.63, 3.8) is 0 Å². The van der Waals surface area contributed by atoms with Crippen LogP contribution in [0, 0.1) is 10.1 Å². The van der Waals surface area contributed by atoms with Gasteiger partial charge in [0.15, 0.2) is 4.32 Å². The molecular weight excluding hydrogens is 436 g/mol. The molecule has 1 aliphatic rings. The Morgan fingerprint density at radius 1 is 1.23 bits per heavy atom. The highest BCUT2D eigenvalue weighted by atomic mass is 32.2. The molecule has 0 unspecified atom stereocenters. The highest BCUT2D eigenvalue weighted by Crippen LogP contribution is 2.33. The minimum Gasteiger partial charge on any atom is -0.507 e. The van der Waals surface area contributed by atoms with E-state index in [9.17, 15) is 20.0 Å². The van der Waals surface area contributed by atoms with Crippen LogP contribution in [0.1, 0.15) is 25.0 Å². The average molecular weight is 457 g/mol. The van der Waals surface area contributed by atoms with Crippen LogP contribution >= 0.6 is 24.0 Å². The van der Waals surface area contributed by atoms with Crippen molar-refractivity contribution in [2.24, 2.45) is 5.10 Å². The number of thiocarbonyl (C=S) groups is 1. The fourth-order valence-electron chi connectivity index (χ4n) is 2.96. The third-order valence-electron chi connectivity index (χ3n) is 4.63. The molecule has 0 spiro atoms. The molecule has 0 atom stereocenters. The minimum atomic E-state index is -0.579. The first-order valence-corrected chi connectivity index (χ1v) is 10.7. The number of hydrogen-bond acceptors (Lipinski definition) is 8. The maximum atomic E-state index is 12.7. The Hall–Kier alpha value is -3.24. The summed E-state index contributed by atoms with van der Waals surface area (Å²) in [5.74, 6) is -0.590. The van der Waals surface area contributed by atoms with Crippen LogP contribution in [0.15, 0.2) is 52.5 Å². The Balaban J connectivity index is 1.79. The van der Waals surface area contributed by atoms with Gasteiger partial charge in [0.25, 0.3) is 11.6 Å². The number of nitro benzene ring substituents is 1. The largest absolute Gasteiger partial charge is 0.507 e. The summed E-state index contributed by atoms with van der Waals surface area (Å²) in [5, 5.41) is 25.9. The highest BCUT2D eigenvalue weighted by Gasteiger charge is 2.32. The predicted octanol–water partition coefficient (Wildman–Crippen LogP) is 4.38. The van der Waals surface area contributed by atoms with Gasteiger partial charge < -0.3 is 10.0 Å². The molecule has 1 heterocycles. The van der Waals surface area contributed by atoms with Gasteiger partial charge in [-0.1, -0.05) is 23.9 Å². The Labute approximate surface area is 189 Å². The summed E-state index contributed by atoms with van der Waals surface area (Å²) >= 11 is 6.37. The number of rotatable bonds is 7. The number of benzene rings is 2. The van der Waals surface area contributed by atoms with Gasteiger partial charge in [-0.2, -0.15) is 10.1 Å². The summed E-state index contributed by atoms with van der Waals surface area (Å²) in [6.45, 7) is 6.01. The van der Waals surface area contributed by atoms with Gasteiger partial charge in [0.1, 0.15) is 5.75 Å². The number of thioether (sulfide) groups is 1. The number of non-ortho nitro benzene ring substituents is 1. The molecule has 0 saturated carbocycles. The zero-order valence-corrected chi connectivity index (χ0v) is 18.5. The third-order valence-corrected chi connectivity index (χ3v) is 5.91. The van der Waals surface area contributed by atoms with Crippen LogP contribution in [-0.4, -0.2) is 44.6 Å². The second kappa shape index (κ2) is 9.71. The van der Waals surface area contributed by atoms with E-state index >= 15 is 0 Å². The van der Waals surface area contributed by atoms with E-state index in [4.69, 9.17) is 12.2 Å². The molecule has 160 valence electrons. The van der Waals surface area contributed by atoms with Crippen LogP contribution in [0.3, 0.4) is 0 Å². The van der Waals surface area contributed by atoms with E-state index in [0.29, 0.717) is 4.91 Å². The maximum Gasteiger partial charge on any atom is 0.286 e. The number of carbonyl (C=O) groups excluding carboxylic acids is 1. The van der Waals surface area contributed by atoms with Crippen LogP contribution in [0.5, 0.6) is 5.75 Å². The van der Waals surface area contributed by atoms with Crippen LogP contribution in [0.4, 0.5) is 11.4 Å². The fourth-order valence-corrected chi connectivity index (χ4v) is 4.13. The monoisotopic (exact) mass is 456 g/mol. The van der Waals surface area contributed by atoms with Crippen molar-refractivity contribution in [1.82, 2.24) is 5.01 Å². The van der Waals surface area contributed by atoms with E-state index in [0.717, 1.165) is 41.1 Å². The summed E-state index contributed by atoms with van der Waals surface area (Å²) in [4.78, 5) is 25.7. The van der Waals surface area contributed by atoms with Crippen molar-refractivity contribution in [1.29, 1.82) is 0 Å². The number of amides is 1. The molecule has 3 rings (SSSR count). The topological polar surface area (TPSA) is 99.3 Å². The van der Waals surface area contributed by atoms with E-state index in [1.165, 1.54) is 24.4 Å². The van der Waals surface area contributed by atoms with Crippen molar-refractivity contribution >= 4 is 57.9 Å². The number of phenolic OH excluding ortho intramolecular Hbond substituents is 1. The standard InChI is InChI=1S/C21H20N4O4S2/c1-3-23(4-2)16-7-5-14(6-8-16)11-19-20(27)24(21(30)31-19)22-13-15-12-17(25(28)29)9-10-18(15)26/h5-13,26H,3-4H2,1-2H3/b19-11+,22-13+. The molecule has 1 N–H and O–H groups in total. The summed E-state index contributed by atoms with van der Waals surface area (Å²) in [6, 6.07) is 11.4. The van der Waals surface area contributed by atoms with Crippen LogP contribution in [0.25, 0.3) is 6.08 Å². The van der Waals surface area contributed by atoms with Gasteiger partial charge in [-0.25, -0.2) is 0 Å². The second-order valence-corrected chi connectivity index (χ2v) is 8.18. The van der Waals surface area contributed by atoms with Crippen molar-refractivity contribution in [2.45, 2.75) is 13.8 Å². The summed E-state index contributed by atoms with van der Waals surface area (Å²) in [6.07, 6.45) is 2.92. The molecule has 10 heteroatoms. The first kappa shape index (κ1) is 22.4. The second-order valence-electron chi connectivity index (χ2n) is 6.50. The number of anilines is 1. The summed E-state index contributed by atoms with van der Waals surface area (Å²) in [5.41, 5.74) is 1.88. The van der Waals surface area contributed by atoms with E-state index < -0.39 is 10.8 Å². The normalized spacial score (nSPS) is 15.3. The zero-order valence-electron chi connectivity index (χ0n) is 16.9. The van der Waals surface area contributed by atoms with Gasteiger partial charge in [0.05, 0.1) is 16.0 Å². The first-order valence-electron chi connectivity index (χ1n) is 9.48. The molecule has 0 aromatic heterocycles. The summed E-state index contributed by atoms with van der Waals surface area (Å²) in [7, 11) is 0. The van der Waals surface area contributed by atoms with Crippen LogP contribution in [-0.2, 0) is 4.79 Å². The van der Waals surface area contributed by atoms with Gasteiger partial charge in [-0.15, -0.1) is 0 Å². The molecule has 0 aliphatic carbocycles. The van der Waals surface area contributed by atoms with E-state index in [2.05, 4.69) is 23.8 Å².